The van der Waals surface area contributed by atoms with E-state index >= 15 is 0 Å². The van der Waals surface area contributed by atoms with E-state index in [1.165, 1.54) is 12.1 Å². The zero-order chi connectivity index (χ0) is 21.4. The van der Waals surface area contributed by atoms with Crippen LogP contribution in [0.4, 0.5) is 11.4 Å². The van der Waals surface area contributed by atoms with Crippen molar-refractivity contribution in [2.45, 2.75) is 20.3 Å². The Hall–Kier alpha value is -3.44. The van der Waals surface area contributed by atoms with Gasteiger partial charge in [-0.15, -0.1) is 0 Å². The van der Waals surface area contributed by atoms with Gasteiger partial charge in [-0.05, 0) is 60.9 Å². The molecule has 0 aliphatic carbocycles. The number of imide groups is 1. The van der Waals surface area contributed by atoms with Gasteiger partial charge in [0.1, 0.15) is 0 Å². The molecular weight excluding hydrogens is 400 g/mol. The van der Waals surface area contributed by atoms with Crippen molar-refractivity contribution < 1.29 is 14.4 Å². The second-order valence-electron chi connectivity index (χ2n) is 7.10. The maximum atomic E-state index is 13.0. The first kappa shape index (κ1) is 19.9. The van der Waals surface area contributed by atoms with Crippen molar-refractivity contribution in [2.24, 2.45) is 0 Å². The monoisotopic (exact) mass is 418 g/mol. The number of hydrogen-bond acceptors (Lipinski definition) is 3. The van der Waals surface area contributed by atoms with Crippen molar-refractivity contribution >= 4 is 40.7 Å². The molecule has 3 aromatic rings. The van der Waals surface area contributed by atoms with Crippen molar-refractivity contribution in [3.05, 3.63) is 93.5 Å². The van der Waals surface area contributed by atoms with Crippen LogP contribution in [0, 0.1) is 6.92 Å². The van der Waals surface area contributed by atoms with Crippen LogP contribution in [0.2, 0.25) is 5.02 Å². The number of nitrogens with one attached hydrogen (secondary N) is 1. The highest BCUT2D eigenvalue weighted by Gasteiger charge is 2.37. The Balaban J connectivity index is 1.64. The molecule has 1 N–H and O–H groups in total. The smallest absolute Gasteiger partial charge is 0.266 e. The summed E-state index contributed by atoms with van der Waals surface area (Å²) in [4.78, 5) is 39.6. The Morgan fingerprint density at radius 3 is 2.43 bits per heavy atom. The van der Waals surface area contributed by atoms with Gasteiger partial charge in [0.25, 0.3) is 17.7 Å². The van der Waals surface area contributed by atoms with Gasteiger partial charge in [-0.25, -0.2) is 4.90 Å². The van der Waals surface area contributed by atoms with Gasteiger partial charge in [-0.1, -0.05) is 42.8 Å². The highest BCUT2D eigenvalue weighted by Crippen LogP contribution is 2.31. The fourth-order valence-electron chi connectivity index (χ4n) is 3.48. The number of nitrogens with zero attached hydrogens (tertiary/aromatic N) is 1. The van der Waals surface area contributed by atoms with Gasteiger partial charge < -0.3 is 5.32 Å². The Morgan fingerprint density at radius 2 is 1.70 bits per heavy atom. The first-order valence-electron chi connectivity index (χ1n) is 9.59. The second kappa shape index (κ2) is 7.76. The topological polar surface area (TPSA) is 66.5 Å². The van der Waals surface area contributed by atoms with E-state index in [1.807, 2.05) is 38.1 Å². The highest BCUT2D eigenvalue weighted by atomic mass is 35.5. The average molecular weight is 419 g/mol. The molecule has 0 bridgehead atoms. The summed E-state index contributed by atoms with van der Waals surface area (Å²) in [5.41, 5.74) is 3.77. The summed E-state index contributed by atoms with van der Waals surface area (Å²) >= 11 is 6.17. The molecule has 0 saturated carbocycles. The number of fused-ring (bicyclic) bond motifs is 1. The molecule has 1 aliphatic rings. The van der Waals surface area contributed by atoms with Gasteiger partial charge in [-0.3, -0.25) is 14.4 Å². The standard InChI is InChI=1S/C24H19ClN2O3/c1-3-15-6-4-5-7-21(15)26-22(28)16-9-11-18-19(12-16)24(30)27(23(18)29)17-10-8-14(2)20(25)13-17/h4-13H,3H2,1-2H3,(H,26,28). The minimum Gasteiger partial charge on any atom is -0.322 e. The van der Waals surface area contributed by atoms with Crippen molar-refractivity contribution in [3.8, 4) is 0 Å². The molecule has 3 aromatic carbocycles. The molecule has 0 saturated heterocycles. The minimum absolute atomic E-state index is 0.202. The Kier molecular flexibility index (Phi) is 5.14. The van der Waals surface area contributed by atoms with Crippen LogP contribution in [0.15, 0.2) is 60.7 Å². The number of aryl methyl sites for hydroxylation is 2. The minimum atomic E-state index is -0.474. The van der Waals surface area contributed by atoms with Crippen LogP contribution in [-0.2, 0) is 6.42 Å². The van der Waals surface area contributed by atoms with E-state index in [9.17, 15) is 14.4 Å². The largest absolute Gasteiger partial charge is 0.322 e. The maximum Gasteiger partial charge on any atom is 0.266 e. The lowest BCUT2D eigenvalue weighted by atomic mass is 10.0. The van der Waals surface area contributed by atoms with Crippen molar-refractivity contribution in [1.82, 2.24) is 0 Å². The van der Waals surface area contributed by atoms with Crippen LogP contribution in [0.1, 0.15) is 49.1 Å². The van der Waals surface area contributed by atoms with Crippen molar-refractivity contribution in [2.75, 3.05) is 10.2 Å². The summed E-state index contributed by atoms with van der Waals surface area (Å²) in [5.74, 6) is -1.24. The molecule has 3 amide bonds. The third kappa shape index (κ3) is 3.37. The number of rotatable bonds is 4. The number of para-hydroxylation sites is 1. The zero-order valence-corrected chi connectivity index (χ0v) is 17.3. The molecule has 0 fully saturated rings. The first-order chi connectivity index (χ1) is 14.4. The molecule has 0 spiro atoms. The van der Waals surface area contributed by atoms with Crippen LogP contribution in [0.25, 0.3) is 0 Å². The first-order valence-corrected chi connectivity index (χ1v) is 9.96. The van der Waals surface area contributed by atoms with Gasteiger partial charge in [0, 0.05) is 16.3 Å². The number of hydrogen-bond donors (Lipinski definition) is 1. The molecule has 1 heterocycles. The lowest BCUT2D eigenvalue weighted by Crippen LogP contribution is -2.29. The normalized spacial score (nSPS) is 12.8. The van der Waals surface area contributed by atoms with Crippen molar-refractivity contribution in [1.29, 1.82) is 0 Å². The van der Waals surface area contributed by atoms with Crippen LogP contribution in [-0.4, -0.2) is 17.7 Å². The molecule has 0 radical (unpaired) electrons. The van der Waals surface area contributed by atoms with Crippen LogP contribution in [0.3, 0.4) is 0 Å². The highest BCUT2D eigenvalue weighted by molar-refractivity contribution is 6.36. The molecule has 5 nitrogen and oxygen atoms in total. The quantitative estimate of drug-likeness (QED) is 0.587. The molecule has 0 atom stereocenters. The lowest BCUT2D eigenvalue weighted by molar-refractivity contribution is 0.0925. The van der Waals surface area contributed by atoms with Crippen LogP contribution in [0.5, 0.6) is 0 Å². The van der Waals surface area contributed by atoms with Gasteiger partial charge in [0.2, 0.25) is 0 Å². The van der Waals surface area contributed by atoms with Crippen molar-refractivity contribution in [3.63, 3.8) is 0 Å². The molecular formula is C24H19ClN2O3. The fourth-order valence-corrected chi connectivity index (χ4v) is 3.66. The van der Waals surface area contributed by atoms with E-state index in [4.69, 9.17) is 11.6 Å². The van der Waals surface area contributed by atoms with Gasteiger partial charge >= 0.3 is 0 Å². The van der Waals surface area contributed by atoms with E-state index in [2.05, 4.69) is 5.32 Å². The summed E-state index contributed by atoms with van der Waals surface area (Å²) in [6, 6.07) is 17.1. The number of halogens is 1. The Labute approximate surface area is 179 Å². The molecule has 6 heteroatoms. The lowest BCUT2D eigenvalue weighted by Gasteiger charge is -2.14. The van der Waals surface area contributed by atoms with E-state index in [0.717, 1.165) is 28.1 Å². The number of benzene rings is 3. The molecule has 1 aliphatic heterocycles. The van der Waals surface area contributed by atoms with Gasteiger partial charge in [0.15, 0.2) is 0 Å². The van der Waals surface area contributed by atoms with E-state index in [0.29, 0.717) is 16.3 Å². The van der Waals surface area contributed by atoms with Gasteiger partial charge in [0.05, 0.1) is 16.8 Å². The van der Waals surface area contributed by atoms with Crippen LogP contribution >= 0.6 is 11.6 Å². The molecule has 4 rings (SSSR count). The summed E-state index contributed by atoms with van der Waals surface area (Å²) in [7, 11) is 0. The molecule has 150 valence electrons. The number of anilines is 2. The average Bonchev–Trinajstić information content (AvgIpc) is 3.00. The predicted molar refractivity (Wildman–Crippen MR) is 118 cm³/mol. The third-order valence-corrected chi connectivity index (χ3v) is 5.62. The molecule has 30 heavy (non-hydrogen) atoms. The maximum absolute atomic E-state index is 13.0. The molecule has 0 unspecified atom stereocenters. The summed E-state index contributed by atoms with van der Waals surface area (Å²) in [6.45, 7) is 3.85. The fraction of sp³-hybridized carbons (Fsp3) is 0.125. The van der Waals surface area contributed by atoms with E-state index in [-0.39, 0.29) is 17.0 Å². The second-order valence-corrected chi connectivity index (χ2v) is 7.51. The van der Waals surface area contributed by atoms with Gasteiger partial charge in [-0.2, -0.15) is 0 Å². The summed E-state index contributed by atoms with van der Waals surface area (Å²) in [6.07, 6.45) is 0.779. The summed E-state index contributed by atoms with van der Waals surface area (Å²) < 4.78 is 0. The number of carbonyl (C=O) groups is 3. The Morgan fingerprint density at radius 1 is 0.967 bits per heavy atom. The Bertz CT molecular complexity index is 1200. The number of carbonyl (C=O) groups excluding carboxylic acids is 3. The predicted octanol–water partition coefficient (Wildman–Crippen LogP) is 5.26. The SMILES string of the molecule is CCc1ccccc1NC(=O)c1ccc2c(c1)C(=O)N(c1ccc(C)c(Cl)c1)C2=O. The molecule has 0 aromatic heterocycles. The zero-order valence-electron chi connectivity index (χ0n) is 16.5. The van der Waals surface area contributed by atoms with Crippen LogP contribution < -0.4 is 10.2 Å². The third-order valence-electron chi connectivity index (χ3n) is 5.21. The summed E-state index contributed by atoms with van der Waals surface area (Å²) in [5, 5.41) is 3.36. The van der Waals surface area contributed by atoms with E-state index in [1.54, 1.807) is 24.3 Å². The number of amides is 3. The van der Waals surface area contributed by atoms with E-state index < -0.39 is 11.8 Å².